The molecule has 2 heterocycles. The van der Waals surface area contributed by atoms with E-state index in [-0.39, 0.29) is 17.9 Å². The molecule has 0 aliphatic carbocycles. The summed E-state index contributed by atoms with van der Waals surface area (Å²) in [5.41, 5.74) is 1.82. The van der Waals surface area contributed by atoms with Crippen LogP contribution >= 0.6 is 0 Å². The molecule has 0 radical (unpaired) electrons. The van der Waals surface area contributed by atoms with E-state index in [1.165, 1.54) is 11.3 Å². The number of rotatable bonds is 2. The zero-order chi connectivity index (χ0) is 15.0. The van der Waals surface area contributed by atoms with Crippen LogP contribution in [0.3, 0.4) is 0 Å². The predicted octanol–water partition coefficient (Wildman–Crippen LogP) is 2.50. The highest BCUT2D eigenvalue weighted by molar-refractivity contribution is 6.22. The molecule has 2 atom stereocenters. The molecule has 0 spiro atoms. The molecular weight excluding hydrogens is 264 g/mol. The van der Waals surface area contributed by atoms with Crippen molar-refractivity contribution >= 4 is 17.5 Å². The van der Waals surface area contributed by atoms with Crippen LogP contribution < -0.4 is 4.90 Å². The Bertz CT molecular complexity index is 552. The summed E-state index contributed by atoms with van der Waals surface area (Å²) in [5, 5.41) is 0. The third-order valence-electron chi connectivity index (χ3n) is 4.67. The molecule has 3 rings (SSSR count). The molecule has 0 saturated carbocycles. The molecular formula is C17H22N2O2. The minimum atomic E-state index is -0.269. The van der Waals surface area contributed by atoms with Gasteiger partial charge in [-0.2, -0.15) is 0 Å². The van der Waals surface area contributed by atoms with Crippen LogP contribution in [-0.4, -0.2) is 35.3 Å². The lowest BCUT2D eigenvalue weighted by atomic mass is 10.0. The minimum absolute atomic E-state index is 0.0578. The van der Waals surface area contributed by atoms with E-state index in [0.717, 1.165) is 24.9 Å². The van der Waals surface area contributed by atoms with Crippen LogP contribution in [0.5, 0.6) is 0 Å². The summed E-state index contributed by atoms with van der Waals surface area (Å²) >= 11 is 0. The maximum absolute atomic E-state index is 12.7. The summed E-state index contributed by atoms with van der Waals surface area (Å²) in [4.78, 5) is 28.6. The average Bonchev–Trinajstić information content (AvgIpc) is 2.76. The maximum Gasteiger partial charge on any atom is 0.251 e. The van der Waals surface area contributed by atoms with E-state index in [1.54, 1.807) is 0 Å². The van der Waals surface area contributed by atoms with Crippen molar-refractivity contribution in [2.24, 2.45) is 0 Å². The van der Waals surface area contributed by atoms with Gasteiger partial charge < -0.3 is 0 Å². The fourth-order valence-corrected chi connectivity index (χ4v) is 3.42. The van der Waals surface area contributed by atoms with E-state index in [1.807, 2.05) is 31.2 Å². The van der Waals surface area contributed by atoms with Gasteiger partial charge in [-0.15, -0.1) is 0 Å². The molecule has 0 unspecified atom stereocenters. The number of piperidine rings is 1. The fraction of sp³-hybridized carbons (Fsp3) is 0.529. The number of nitrogens with zero attached hydrogens (tertiary/aromatic N) is 2. The smallest absolute Gasteiger partial charge is 0.251 e. The SMILES string of the molecule is Cc1ccc(N2C(=O)C[C@H](N3CCCC[C@H]3C)C2=O)cc1. The van der Waals surface area contributed by atoms with Crippen LogP contribution in [0.15, 0.2) is 24.3 Å². The molecule has 2 amide bonds. The fourth-order valence-electron chi connectivity index (χ4n) is 3.42. The summed E-state index contributed by atoms with van der Waals surface area (Å²) in [7, 11) is 0. The highest BCUT2D eigenvalue weighted by atomic mass is 16.2. The molecule has 2 aliphatic rings. The van der Waals surface area contributed by atoms with Crippen LogP contribution in [0.4, 0.5) is 5.69 Å². The van der Waals surface area contributed by atoms with Gasteiger partial charge in [0.2, 0.25) is 5.91 Å². The van der Waals surface area contributed by atoms with Gasteiger partial charge in [-0.05, 0) is 45.4 Å². The average molecular weight is 286 g/mol. The third kappa shape index (κ3) is 2.60. The van der Waals surface area contributed by atoms with Gasteiger partial charge in [-0.25, -0.2) is 4.90 Å². The number of benzene rings is 1. The second kappa shape index (κ2) is 5.60. The van der Waals surface area contributed by atoms with Gasteiger partial charge in [-0.1, -0.05) is 24.1 Å². The number of carbonyl (C=O) groups is 2. The van der Waals surface area contributed by atoms with Crippen molar-refractivity contribution in [3.05, 3.63) is 29.8 Å². The molecule has 2 saturated heterocycles. The lowest BCUT2D eigenvalue weighted by Gasteiger charge is -2.36. The Morgan fingerprint density at radius 3 is 2.48 bits per heavy atom. The second-order valence-electron chi connectivity index (χ2n) is 6.21. The monoisotopic (exact) mass is 286 g/mol. The Balaban J connectivity index is 1.83. The molecule has 1 aromatic rings. The van der Waals surface area contributed by atoms with Crippen molar-refractivity contribution in [3.63, 3.8) is 0 Å². The number of aryl methyl sites for hydroxylation is 1. The Morgan fingerprint density at radius 1 is 1.10 bits per heavy atom. The lowest BCUT2D eigenvalue weighted by molar-refractivity contribution is -0.123. The maximum atomic E-state index is 12.7. The Morgan fingerprint density at radius 2 is 1.81 bits per heavy atom. The number of anilines is 1. The van der Waals surface area contributed by atoms with Crippen molar-refractivity contribution in [1.82, 2.24) is 4.90 Å². The third-order valence-corrected chi connectivity index (χ3v) is 4.67. The van der Waals surface area contributed by atoms with Gasteiger partial charge >= 0.3 is 0 Å². The molecule has 112 valence electrons. The van der Waals surface area contributed by atoms with Crippen molar-refractivity contribution in [3.8, 4) is 0 Å². The first-order chi connectivity index (χ1) is 10.1. The first-order valence-corrected chi connectivity index (χ1v) is 7.77. The summed E-state index contributed by atoms with van der Waals surface area (Å²) in [6.07, 6.45) is 3.76. The molecule has 0 N–H and O–H groups in total. The largest absolute Gasteiger partial charge is 0.289 e. The first-order valence-electron chi connectivity index (χ1n) is 7.77. The number of imide groups is 1. The molecule has 0 aromatic heterocycles. The van der Waals surface area contributed by atoms with Gasteiger partial charge in [0.05, 0.1) is 18.2 Å². The van der Waals surface area contributed by atoms with E-state index in [2.05, 4.69) is 11.8 Å². The zero-order valence-electron chi connectivity index (χ0n) is 12.7. The number of likely N-dealkylation sites (tertiary alicyclic amines) is 1. The normalized spacial score (nSPS) is 27.4. The van der Waals surface area contributed by atoms with Crippen LogP contribution in [0.2, 0.25) is 0 Å². The van der Waals surface area contributed by atoms with Crippen LogP contribution in [0, 0.1) is 6.92 Å². The molecule has 4 heteroatoms. The van der Waals surface area contributed by atoms with E-state index >= 15 is 0 Å². The van der Waals surface area contributed by atoms with Gasteiger partial charge in [0.15, 0.2) is 0 Å². The standard InChI is InChI=1S/C17H22N2O2/c1-12-6-8-14(9-7-12)19-16(20)11-15(17(19)21)18-10-4-3-5-13(18)2/h6-9,13,15H,3-5,10-11H2,1-2H3/t13-,15+/m1/s1. The van der Waals surface area contributed by atoms with Crippen LogP contribution in [-0.2, 0) is 9.59 Å². The summed E-state index contributed by atoms with van der Waals surface area (Å²) < 4.78 is 0. The Kier molecular flexibility index (Phi) is 3.81. The van der Waals surface area contributed by atoms with Crippen molar-refractivity contribution in [1.29, 1.82) is 0 Å². The molecule has 2 aliphatic heterocycles. The second-order valence-corrected chi connectivity index (χ2v) is 6.21. The minimum Gasteiger partial charge on any atom is -0.289 e. The first kappa shape index (κ1) is 14.3. The zero-order valence-corrected chi connectivity index (χ0v) is 12.7. The van der Waals surface area contributed by atoms with Crippen molar-refractivity contribution in [2.45, 2.75) is 51.6 Å². The van der Waals surface area contributed by atoms with E-state index in [9.17, 15) is 9.59 Å². The van der Waals surface area contributed by atoms with Crippen molar-refractivity contribution in [2.75, 3.05) is 11.4 Å². The molecule has 1 aromatic carbocycles. The molecule has 4 nitrogen and oxygen atoms in total. The van der Waals surface area contributed by atoms with E-state index in [4.69, 9.17) is 0 Å². The number of carbonyl (C=O) groups excluding carboxylic acids is 2. The van der Waals surface area contributed by atoms with Crippen molar-refractivity contribution < 1.29 is 9.59 Å². The van der Waals surface area contributed by atoms with Crippen LogP contribution in [0.25, 0.3) is 0 Å². The molecule has 2 fully saturated rings. The van der Waals surface area contributed by atoms with Gasteiger partial charge in [0, 0.05) is 6.04 Å². The molecule has 0 bridgehead atoms. The predicted molar refractivity (Wildman–Crippen MR) is 82.1 cm³/mol. The van der Waals surface area contributed by atoms with E-state index < -0.39 is 0 Å². The van der Waals surface area contributed by atoms with Gasteiger partial charge in [0.1, 0.15) is 0 Å². The highest BCUT2D eigenvalue weighted by Crippen LogP contribution is 2.29. The Labute approximate surface area is 125 Å². The van der Waals surface area contributed by atoms with Crippen LogP contribution in [0.1, 0.15) is 38.2 Å². The summed E-state index contributed by atoms with van der Waals surface area (Å²) in [6.45, 7) is 5.08. The Hall–Kier alpha value is -1.68. The topological polar surface area (TPSA) is 40.6 Å². The van der Waals surface area contributed by atoms with Gasteiger partial charge in [0.25, 0.3) is 5.91 Å². The molecule has 21 heavy (non-hydrogen) atoms. The summed E-state index contributed by atoms with van der Waals surface area (Å²) in [6, 6.07) is 7.70. The quantitative estimate of drug-likeness (QED) is 0.784. The summed E-state index contributed by atoms with van der Waals surface area (Å²) in [5.74, 6) is -0.135. The highest BCUT2D eigenvalue weighted by Gasteiger charge is 2.44. The lowest BCUT2D eigenvalue weighted by Crippen LogP contribution is -2.48. The number of hydrogen-bond donors (Lipinski definition) is 0. The number of hydrogen-bond acceptors (Lipinski definition) is 3. The van der Waals surface area contributed by atoms with Gasteiger partial charge in [-0.3, -0.25) is 14.5 Å². The van der Waals surface area contributed by atoms with E-state index in [0.29, 0.717) is 18.2 Å². The number of amides is 2.